The number of hydrogen-bond donors (Lipinski definition) is 2. The predicted molar refractivity (Wildman–Crippen MR) is 54.5 cm³/mol. The minimum Gasteiger partial charge on any atom is -0.477 e. The van der Waals surface area contributed by atoms with Gasteiger partial charge in [0.25, 0.3) is 0 Å². The van der Waals surface area contributed by atoms with Gasteiger partial charge in [-0.2, -0.15) is 9.61 Å². The molecular formula is C8H7ClN4O2. The summed E-state index contributed by atoms with van der Waals surface area (Å²) in [5.74, 6) is -0.587. The maximum atomic E-state index is 10.8. The Kier molecular flexibility index (Phi) is 2.20. The summed E-state index contributed by atoms with van der Waals surface area (Å²) in [7, 11) is 1.66. The van der Waals surface area contributed by atoms with Gasteiger partial charge in [-0.1, -0.05) is 11.6 Å². The van der Waals surface area contributed by atoms with E-state index in [0.29, 0.717) is 16.5 Å². The van der Waals surface area contributed by atoms with Crippen LogP contribution in [0.5, 0.6) is 0 Å². The summed E-state index contributed by atoms with van der Waals surface area (Å²) in [6.07, 6.45) is 1.41. The number of nitrogens with zero attached hydrogens (tertiary/aromatic N) is 3. The fourth-order valence-electron chi connectivity index (χ4n) is 1.22. The van der Waals surface area contributed by atoms with E-state index in [1.807, 2.05) is 0 Å². The van der Waals surface area contributed by atoms with Crippen LogP contribution in [0.1, 0.15) is 10.5 Å². The molecule has 0 saturated carbocycles. The van der Waals surface area contributed by atoms with Crippen LogP contribution in [0.3, 0.4) is 0 Å². The van der Waals surface area contributed by atoms with Gasteiger partial charge in [0.15, 0.2) is 11.3 Å². The van der Waals surface area contributed by atoms with Gasteiger partial charge in [-0.3, -0.25) is 0 Å². The summed E-state index contributed by atoms with van der Waals surface area (Å²) in [5.41, 5.74) is 0.246. The van der Waals surface area contributed by atoms with Crippen LogP contribution in [0.25, 0.3) is 5.65 Å². The molecule has 15 heavy (non-hydrogen) atoms. The first kappa shape index (κ1) is 9.72. The number of nitrogens with one attached hydrogen (secondary N) is 1. The monoisotopic (exact) mass is 226 g/mol. The molecule has 0 radical (unpaired) electrons. The number of fused-ring (bicyclic) bond motifs is 1. The number of rotatable bonds is 2. The van der Waals surface area contributed by atoms with Crippen molar-refractivity contribution < 1.29 is 9.90 Å². The first-order chi connectivity index (χ1) is 7.13. The normalized spacial score (nSPS) is 10.5. The lowest BCUT2D eigenvalue weighted by Crippen LogP contribution is -2.07. The third-order valence-corrected chi connectivity index (χ3v) is 2.17. The van der Waals surface area contributed by atoms with Gasteiger partial charge in [0.2, 0.25) is 0 Å². The maximum Gasteiger partial charge on any atom is 0.354 e. The molecule has 0 unspecified atom stereocenters. The van der Waals surface area contributed by atoms with Crippen molar-refractivity contribution >= 4 is 29.0 Å². The third-order valence-electron chi connectivity index (χ3n) is 1.90. The topological polar surface area (TPSA) is 79.5 Å². The molecule has 2 aromatic heterocycles. The van der Waals surface area contributed by atoms with Gasteiger partial charge in [0.05, 0.1) is 6.20 Å². The molecule has 0 atom stereocenters. The SMILES string of the molecule is CNc1cc(C(=O)O)nc2c(Cl)cnn12. The highest BCUT2D eigenvalue weighted by molar-refractivity contribution is 6.33. The molecule has 0 bridgehead atoms. The van der Waals surface area contributed by atoms with Crippen LogP contribution in [0.4, 0.5) is 5.82 Å². The highest BCUT2D eigenvalue weighted by Gasteiger charge is 2.13. The van der Waals surface area contributed by atoms with Crippen molar-refractivity contribution in [3.8, 4) is 0 Å². The van der Waals surface area contributed by atoms with Crippen molar-refractivity contribution in [3.05, 3.63) is 23.0 Å². The number of halogens is 1. The molecule has 0 spiro atoms. The van der Waals surface area contributed by atoms with Gasteiger partial charge in [-0.25, -0.2) is 9.78 Å². The van der Waals surface area contributed by atoms with E-state index in [0.717, 1.165) is 0 Å². The second kappa shape index (κ2) is 3.39. The van der Waals surface area contributed by atoms with Crippen molar-refractivity contribution in [1.82, 2.24) is 14.6 Å². The summed E-state index contributed by atoms with van der Waals surface area (Å²) in [6, 6.07) is 1.39. The Bertz CT molecular complexity index is 537. The number of hydrogen-bond acceptors (Lipinski definition) is 4. The minimum absolute atomic E-state index is 0.0748. The number of carbonyl (C=O) groups is 1. The lowest BCUT2D eigenvalue weighted by Gasteiger charge is -2.04. The molecular weight excluding hydrogens is 220 g/mol. The molecule has 0 saturated heterocycles. The Hall–Kier alpha value is -1.82. The Labute approximate surface area is 89.5 Å². The number of aromatic nitrogens is 3. The second-order valence-electron chi connectivity index (χ2n) is 2.81. The smallest absolute Gasteiger partial charge is 0.354 e. The third kappa shape index (κ3) is 1.48. The quantitative estimate of drug-likeness (QED) is 0.802. The molecule has 78 valence electrons. The van der Waals surface area contributed by atoms with E-state index in [9.17, 15) is 4.79 Å². The molecule has 2 N–H and O–H groups in total. The number of aromatic carboxylic acids is 1. The second-order valence-corrected chi connectivity index (χ2v) is 3.22. The Morgan fingerprint density at radius 2 is 2.40 bits per heavy atom. The van der Waals surface area contributed by atoms with Crippen LogP contribution >= 0.6 is 11.6 Å². The lowest BCUT2D eigenvalue weighted by atomic mass is 10.4. The van der Waals surface area contributed by atoms with Gasteiger partial charge in [0.1, 0.15) is 10.8 Å². The maximum absolute atomic E-state index is 10.8. The van der Waals surface area contributed by atoms with E-state index in [-0.39, 0.29) is 5.69 Å². The zero-order valence-corrected chi connectivity index (χ0v) is 8.49. The molecule has 7 heteroatoms. The molecule has 0 aliphatic carbocycles. The largest absolute Gasteiger partial charge is 0.477 e. The Morgan fingerprint density at radius 3 is 3.00 bits per heavy atom. The first-order valence-electron chi connectivity index (χ1n) is 4.09. The van der Waals surface area contributed by atoms with Gasteiger partial charge >= 0.3 is 5.97 Å². The van der Waals surface area contributed by atoms with Gasteiger partial charge in [-0.15, -0.1) is 0 Å². The Balaban J connectivity index is 2.79. The zero-order chi connectivity index (χ0) is 11.0. The molecule has 2 rings (SSSR count). The van der Waals surface area contributed by atoms with Gasteiger partial charge in [0, 0.05) is 13.1 Å². The molecule has 0 aliphatic rings. The van der Waals surface area contributed by atoms with Gasteiger partial charge in [-0.05, 0) is 0 Å². The van der Waals surface area contributed by atoms with Crippen molar-refractivity contribution in [1.29, 1.82) is 0 Å². The fraction of sp³-hybridized carbons (Fsp3) is 0.125. The van der Waals surface area contributed by atoms with Crippen LogP contribution in [0, 0.1) is 0 Å². The summed E-state index contributed by atoms with van der Waals surface area (Å²) in [4.78, 5) is 14.7. The molecule has 0 fully saturated rings. The van der Waals surface area contributed by atoms with E-state index < -0.39 is 5.97 Å². The first-order valence-corrected chi connectivity index (χ1v) is 4.46. The van der Waals surface area contributed by atoms with Crippen molar-refractivity contribution in [2.45, 2.75) is 0 Å². The molecule has 6 nitrogen and oxygen atoms in total. The zero-order valence-electron chi connectivity index (χ0n) is 7.73. The lowest BCUT2D eigenvalue weighted by molar-refractivity contribution is 0.0690. The Morgan fingerprint density at radius 1 is 1.67 bits per heavy atom. The van der Waals surface area contributed by atoms with Crippen LogP contribution in [0.15, 0.2) is 12.3 Å². The standard InChI is InChI=1S/C8H7ClN4O2/c1-10-6-2-5(8(14)15)12-7-4(9)3-11-13(6)7/h2-3,10H,1H3,(H,14,15). The average molecular weight is 227 g/mol. The number of anilines is 1. The van der Waals surface area contributed by atoms with Gasteiger partial charge < -0.3 is 10.4 Å². The predicted octanol–water partition coefficient (Wildman–Crippen LogP) is 1.12. The van der Waals surface area contributed by atoms with E-state index in [1.165, 1.54) is 16.8 Å². The molecule has 2 aromatic rings. The van der Waals surface area contributed by atoms with E-state index in [2.05, 4.69) is 15.4 Å². The van der Waals surface area contributed by atoms with Crippen LogP contribution in [0.2, 0.25) is 5.02 Å². The van der Waals surface area contributed by atoms with E-state index in [1.54, 1.807) is 7.05 Å². The van der Waals surface area contributed by atoms with Crippen molar-refractivity contribution in [3.63, 3.8) is 0 Å². The summed E-state index contributed by atoms with van der Waals surface area (Å²) in [5, 5.41) is 15.9. The molecule has 0 aromatic carbocycles. The number of carboxylic acid groups (broad SMARTS) is 1. The highest BCUT2D eigenvalue weighted by Crippen LogP contribution is 2.19. The molecule has 0 aliphatic heterocycles. The summed E-state index contributed by atoms with van der Waals surface area (Å²) < 4.78 is 1.44. The van der Waals surface area contributed by atoms with E-state index in [4.69, 9.17) is 16.7 Å². The number of carboxylic acids is 1. The van der Waals surface area contributed by atoms with Crippen LogP contribution in [-0.4, -0.2) is 32.7 Å². The van der Waals surface area contributed by atoms with E-state index >= 15 is 0 Å². The van der Waals surface area contributed by atoms with Crippen molar-refractivity contribution in [2.24, 2.45) is 0 Å². The summed E-state index contributed by atoms with van der Waals surface area (Å²) in [6.45, 7) is 0. The van der Waals surface area contributed by atoms with Crippen LogP contribution in [-0.2, 0) is 0 Å². The molecule has 2 heterocycles. The van der Waals surface area contributed by atoms with Crippen molar-refractivity contribution in [2.75, 3.05) is 12.4 Å². The molecule has 0 amide bonds. The fourth-order valence-corrected chi connectivity index (χ4v) is 1.39. The summed E-state index contributed by atoms with van der Waals surface area (Å²) >= 11 is 5.81. The minimum atomic E-state index is -1.11. The average Bonchev–Trinajstić information content (AvgIpc) is 2.59. The highest BCUT2D eigenvalue weighted by atomic mass is 35.5. The van der Waals surface area contributed by atoms with Crippen LogP contribution < -0.4 is 5.32 Å².